The van der Waals surface area contributed by atoms with E-state index < -0.39 is 42.2 Å². The van der Waals surface area contributed by atoms with E-state index in [-0.39, 0.29) is 10.3 Å². The lowest BCUT2D eigenvalue weighted by molar-refractivity contribution is -0.624. The maximum Gasteiger partial charge on any atom is 0.347 e. The fourth-order valence-electron chi connectivity index (χ4n) is 1.90. The summed E-state index contributed by atoms with van der Waals surface area (Å²) in [6, 6.07) is 4.69. The number of alkyl halides is 2. The number of aliphatic carboxylic acids is 1. The van der Waals surface area contributed by atoms with E-state index in [1.807, 2.05) is 0 Å². The summed E-state index contributed by atoms with van der Waals surface area (Å²) in [6.07, 6.45) is 1.44. The third-order valence-corrected chi connectivity index (χ3v) is 2.99. The Bertz CT molecular complexity index is 725. The molecular formula is C14H12F3N3O3. The van der Waals surface area contributed by atoms with E-state index in [9.17, 15) is 23.2 Å². The van der Waals surface area contributed by atoms with Crippen LogP contribution in [0.2, 0.25) is 0 Å². The molecule has 9 heteroatoms. The van der Waals surface area contributed by atoms with Gasteiger partial charge in [0, 0.05) is 23.9 Å². The average molecular weight is 327 g/mol. The number of rotatable bonds is 6. The van der Waals surface area contributed by atoms with Crippen molar-refractivity contribution in [3.63, 3.8) is 0 Å². The first-order valence-electron chi connectivity index (χ1n) is 6.47. The molecule has 0 unspecified atom stereocenters. The van der Waals surface area contributed by atoms with E-state index >= 15 is 0 Å². The second-order valence-electron chi connectivity index (χ2n) is 4.67. The molecule has 2 heterocycles. The summed E-state index contributed by atoms with van der Waals surface area (Å²) >= 11 is 0. The number of anilines is 1. The monoisotopic (exact) mass is 327 g/mol. The molecule has 2 aromatic heterocycles. The van der Waals surface area contributed by atoms with Gasteiger partial charge in [-0.1, -0.05) is 0 Å². The SMILES string of the molecule is O=C(O)Cc1ccnc(NCC(F)(F)c2cccc[n+]2[O-])c1F. The summed E-state index contributed by atoms with van der Waals surface area (Å²) in [5.74, 6) is -6.35. The zero-order valence-corrected chi connectivity index (χ0v) is 11.7. The second kappa shape index (κ2) is 6.51. The van der Waals surface area contributed by atoms with Gasteiger partial charge in [-0.05, 0) is 12.1 Å². The summed E-state index contributed by atoms with van der Waals surface area (Å²) in [7, 11) is 0. The number of hydrogen-bond donors (Lipinski definition) is 2. The van der Waals surface area contributed by atoms with Crippen LogP contribution in [-0.4, -0.2) is 22.6 Å². The van der Waals surface area contributed by atoms with Crippen LogP contribution in [0, 0.1) is 11.0 Å². The van der Waals surface area contributed by atoms with E-state index in [1.54, 1.807) is 0 Å². The number of hydrogen-bond acceptors (Lipinski definition) is 4. The van der Waals surface area contributed by atoms with Crippen LogP contribution < -0.4 is 10.0 Å². The zero-order chi connectivity index (χ0) is 17.0. The van der Waals surface area contributed by atoms with Crippen molar-refractivity contribution in [3.8, 4) is 0 Å². The second-order valence-corrected chi connectivity index (χ2v) is 4.67. The minimum absolute atomic E-state index is 0.0202. The van der Waals surface area contributed by atoms with Gasteiger partial charge in [0.1, 0.15) is 0 Å². The van der Waals surface area contributed by atoms with Gasteiger partial charge in [-0.3, -0.25) is 4.79 Å². The fourth-order valence-corrected chi connectivity index (χ4v) is 1.90. The molecule has 23 heavy (non-hydrogen) atoms. The molecule has 0 saturated heterocycles. The number of nitrogens with zero attached hydrogens (tertiary/aromatic N) is 2. The van der Waals surface area contributed by atoms with E-state index in [4.69, 9.17) is 5.11 Å². The van der Waals surface area contributed by atoms with Gasteiger partial charge < -0.3 is 15.6 Å². The molecule has 0 saturated carbocycles. The van der Waals surface area contributed by atoms with E-state index in [1.165, 1.54) is 12.1 Å². The number of nitrogens with one attached hydrogen (secondary N) is 1. The lowest BCUT2D eigenvalue weighted by atomic mass is 10.1. The predicted octanol–water partition coefficient (Wildman–Crippen LogP) is 1.69. The molecule has 6 nitrogen and oxygen atoms in total. The van der Waals surface area contributed by atoms with Crippen LogP contribution in [0.5, 0.6) is 0 Å². The molecule has 0 amide bonds. The van der Waals surface area contributed by atoms with Gasteiger partial charge in [-0.25, -0.2) is 9.37 Å². The first-order valence-corrected chi connectivity index (χ1v) is 6.47. The molecule has 122 valence electrons. The van der Waals surface area contributed by atoms with Gasteiger partial charge in [-0.15, -0.1) is 0 Å². The normalized spacial score (nSPS) is 11.3. The van der Waals surface area contributed by atoms with Gasteiger partial charge in [-0.2, -0.15) is 13.5 Å². The van der Waals surface area contributed by atoms with Crippen LogP contribution in [0.4, 0.5) is 19.0 Å². The molecule has 2 N–H and O–H groups in total. The number of carbonyl (C=O) groups is 1. The van der Waals surface area contributed by atoms with Crippen LogP contribution in [0.15, 0.2) is 36.7 Å². The molecule has 0 aliphatic rings. The highest BCUT2D eigenvalue weighted by atomic mass is 19.3. The minimum atomic E-state index is -3.57. The molecule has 0 radical (unpaired) electrons. The molecular weight excluding hydrogens is 315 g/mol. The average Bonchev–Trinajstić information content (AvgIpc) is 2.48. The number of aromatic nitrogens is 2. The van der Waals surface area contributed by atoms with Crippen molar-refractivity contribution >= 4 is 11.8 Å². The highest BCUT2D eigenvalue weighted by Crippen LogP contribution is 2.26. The molecule has 0 bridgehead atoms. The van der Waals surface area contributed by atoms with Crippen molar-refractivity contribution in [2.45, 2.75) is 12.3 Å². The molecule has 0 aliphatic heterocycles. The van der Waals surface area contributed by atoms with Crippen LogP contribution in [0.3, 0.4) is 0 Å². The van der Waals surface area contributed by atoms with Gasteiger partial charge in [0.2, 0.25) is 0 Å². The first-order chi connectivity index (χ1) is 10.8. The summed E-state index contributed by atoms with van der Waals surface area (Å²) < 4.78 is 42.0. The van der Waals surface area contributed by atoms with Crippen molar-refractivity contribution in [1.29, 1.82) is 0 Å². The Morgan fingerprint density at radius 2 is 2.13 bits per heavy atom. The topological polar surface area (TPSA) is 89.2 Å². The summed E-state index contributed by atoms with van der Waals surface area (Å²) in [6.45, 7) is -1.07. The number of carboxylic acid groups (broad SMARTS) is 1. The van der Waals surface area contributed by atoms with Gasteiger partial charge >= 0.3 is 11.9 Å². The third-order valence-electron chi connectivity index (χ3n) is 2.99. The molecule has 0 aromatic carbocycles. The molecule has 2 rings (SSSR count). The number of carboxylic acids is 1. The Labute approximate surface area is 128 Å². The Morgan fingerprint density at radius 1 is 1.39 bits per heavy atom. The van der Waals surface area contributed by atoms with E-state index in [0.717, 1.165) is 24.5 Å². The Hall–Kier alpha value is -2.84. The fraction of sp³-hybridized carbons (Fsp3) is 0.214. The van der Waals surface area contributed by atoms with E-state index in [0.29, 0.717) is 0 Å². The summed E-state index contributed by atoms with van der Waals surface area (Å²) in [5, 5.41) is 22.1. The Morgan fingerprint density at radius 3 is 2.78 bits per heavy atom. The minimum Gasteiger partial charge on any atom is -0.618 e. The lowest BCUT2D eigenvalue weighted by Crippen LogP contribution is -2.41. The van der Waals surface area contributed by atoms with Crippen molar-refractivity contribution in [3.05, 3.63) is 58.9 Å². The highest BCUT2D eigenvalue weighted by Gasteiger charge is 2.39. The number of halogens is 3. The quantitative estimate of drug-likeness (QED) is 0.622. The van der Waals surface area contributed by atoms with Crippen molar-refractivity contribution in [2.24, 2.45) is 0 Å². The highest BCUT2D eigenvalue weighted by molar-refractivity contribution is 5.70. The van der Waals surface area contributed by atoms with Crippen LogP contribution in [-0.2, 0) is 17.1 Å². The van der Waals surface area contributed by atoms with Crippen molar-refractivity contribution < 1.29 is 27.8 Å². The van der Waals surface area contributed by atoms with Crippen LogP contribution >= 0.6 is 0 Å². The number of pyridine rings is 2. The smallest absolute Gasteiger partial charge is 0.347 e. The van der Waals surface area contributed by atoms with Gasteiger partial charge in [0.15, 0.2) is 17.8 Å². The molecule has 0 spiro atoms. The third kappa shape index (κ3) is 3.87. The molecule has 0 fully saturated rings. The maximum absolute atomic E-state index is 14.0. The first kappa shape index (κ1) is 16.5. The largest absolute Gasteiger partial charge is 0.618 e. The zero-order valence-electron chi connectivity index (χ0n) is 11.7. The molecule has 0 aliphatic carbocycles. The van der Waals surface area contributed by atoms with Gasteiger partial charge in [0.25, 0.3) is 5.69 Å². The summed E-state index contributed by atoms with van der Waals surface area (Å²) in [5.41, 5.74) is -0.980. The van der Waals surface area contributed by atoms with Crippen LogP contribution in [0.1, 0.15) is 11.3 Å². The lowest BCUT2D eigenvalue weighted by Gasteiger charge is -2.17. The summed E-state index contributed by atoms with van der Waals surface area (Å²) in [4.78, 5) is 14.2. The molecule has 2 aromatic rings. The van der Waals surface area contributed by atoms with Crippen molar-refractivity contribution in [1.82, 2.24) is 4.98 Å². The van der Waals surface area contributed by atoms with Gasteiger partial charge in [0.05, 0.1) is 13.0 Å². The van der Waals surface area contributed by atoms with Crippen molar-refractivity contribution in [2.75, 3.05) is 11.9 Å². The predicted molar refractivity (Wildman–Crippen MR) is 73.3 cm³/mol. The molecule has 0 atom stereocenters. The Balaban J connectivity index is 2.17. The Kier molecular flexibility index (Phi) is 4.68. The van der Waals surface area contributed by atoms with Crippen LogP contribution in [0.25, 0.3) is 0 Å². The maximum atomic E-state index is 14.0. The van der Waals surface area contributed by atoms with E-state index in [2.05, 4.69) is 10.3 Å². The standard InChI is InChI=1S/C14H12F3N3O3/c15-12-9(7-11(21)22)4-5-18-13(12)19-8-14(16,17)10-3-1-2-6-20(10)23/h1-6H,7-8H2,(H,18,19)(H,21,22).